The molecular weight excluding hydrogens is 288 g/mol. The van der Waals surface area contributed by atoms with E-state index in [1.54, 1.807) is 0 Å². The normalized spacial score (nSPS) is 19.0. The first-order chi connectivity index (χ1) is 8.60. The van der Waals surface area contributed by atoms with Gasteiger partial charge < -0.3 is 4.90 Å². The molecule has 2 rings (SSSR count). The molecule has 2 heterocycles. The summed E-state index contributed by atoms with van der Waals surface area (Å²) in [5.41, 5.74) is 1.85. The first-order valence-corrected chi connectivity index (χ1v) is 7.76. The van der Waals surface area contributed by atoms with Gasteiger partial charge in [-0.05, 0) is 52.7 Å². The third-order valence-corrected chi connectivity index (χ3v) is 5.07. The van der Waals surface area contributed by atoms with Crippen molar-refractivity contribution in [2.45, 2.75) is 46.5 Å². The van der Waals surface area contributed by atoms with E-state index in [9.17, 15) is 0 Å². The monoisotopic (exact) mass is 310 g/mol. The molecule has 0 atom stereocenters. The lowest BCUT2D eigenvalue weighted by atomic mass is 9.74. The molecule has 0 radical (unpaired) electrons. The van der Waals surface area contributed by atoms with E-state index in [2.05, 4.69) is 52.7 Å². The molecule has 100 valence electrons. The molecule has 0 N–H and O–H groups in total. The highest BCUT2D eigenvalue weighted by Crippen LogP contribution is 2.39. The van der Waals surface area contributed by atoms with Crippen LogP contribution >= 0.6 is 15.9 Å². The van der Waals surface area contributed by atoms with Crippen LogP contribution < -0.4 is 4.90 Å². The molecule has 3 heteroatoms. The van der Waals surface area contributed by atoms with E-state index in [4.69, 9.17) is 0 Å². The maximum absolute atomic E-state index is 4.58. The van der Waals surface area contributed by atoms with Crippen molar-refractivity contribution >= 4 is 21.7 Å². The number of hydrogen-bond donors (Lipinski definition) is 0. The van der Waals surface area contributed by atoms with Gasteiger partial charge in [-0.1, -0.05) is 26.7 Å². The molecule has 0 amide bonds. The number of aromatic nitrogens is 1. The van der Waals surface area contributed by atoms with E-state index in [1.165, 1.54) is 37.1 Å². The first kappa shape index (κ1) is 13.9. The van der Waals surface area contributed by atoms with Gasteiger partial charge in [0.1, 0.15) is 5.82 Å². The average Bonchev–Trinajstić information content (AvgIpc) is 2.39. The molecule has 1 fully saturated rings. The van der Waals surface area contributed by atoms with Gasteiger partial charge in [-0.15, -0.1) is 0 Å². The molecule has 18 heavy (non-hydrogen) atoms. The molecule has 1 aliphatic rings. The van der Waals surface area contributed by atoms with E-state index in [1.807, 2.05) is 6.20 Å². The fourth-order valence-electron chi connectivity index (χ4n) is 3.01. The Balaban J connectivity index is 2.10. The highest BCUT2D eigenvalue weighted by molar-refractivity contribution is 9.10. The van der Waals surface area contributed by atoms with Crippen LogP contribution in [0, 0.1) is 12.3 Å². The van der Waals surface area contributed by atoms with Crippen molar-refractivity contribution < 1.29 is 0 Å². The van der Waals surface area contributed by atoms with Gasteiger partial charge in [-0.25, -0.2) is 4.98 Å². The molecule has 2 nitrogen and oxygen atoms in total. The van der Waals surface area contributed by atoms with Crippen LogP contribution in [0.5, 0.6) is 0 Å². The van der Waals surface area contributed by atoms with Crippen molar-refractivity contribution in [3.63, 3.8) is 0 Å². The maximum Gasteiger partial charge on any atom is 0.131 e. The summed E-state index contributed by atoms with van der Waals surface area (Å²) >= 11 is 3.48. The molecule has 0 aliphatic carbocycles. The quantitative estimate of drug-likeness (QED) is 0.813. The van der Waals surface area contributed by atoms with Gasteiger partial charge in [0.15, 0.2) is 0 Å². The van der Waals surface area contributed by atoms with Crippen LogP contribution in [-0.2, 0) is 0 Å². The van der Waals surface area contributed by atoms with Crippen molar-refractivity contribution in [2.24, 2.45) is 5.41 Å². The summed E-state index contributed by atoms with van der Waals surface area (Å²) in [5.74, 6) is 1.17. The lowest BCUT2D eigenvalue weighted by molar-refractivity contribution is 0.199. The van der Waals surface area contributed by atoms with Crippen LogP contribution in [0.4, 0.5) is 5.82 Å². The van der Waals surface area contributed by atoms with Gasteiger partial charge in [-0.2, -0.15) is 0 Å². The first-order valence-electron chi connectivity index (χ1n) is 6.97. The van der Waals surface area contributed by atoms with Crippen LogP contribution in [0.1, 0.15) is 45.1 Å². The van der Waals surface area contributed by atoms with Crippen LogP contribution in [0.25, 0.3) is 0 Å². The third-order valence-electron chi connectivity index (χ3n) is 4.64. The molecule has 0 unspecified atom stereocenters. The van der Waals surface area contributed by atoms with Gasteiger partial charge in [0, 0.05) is 23.8 Å². The SMILES string of the molecule is CCC1(CC)CCN(c2ncc(Br)cc2C)CC1. The topological polar surface area (TPSA) is 16.1 Å². The third kappa shape index (κ3) is 2.71. The summed E-state index contributed by atoms with van der Waals surface area (Å²) < 4.78 is 1.07. The highest BCUT2D eigenvalue weighted by atomic mass is 79.9. The number of aryl methyl sites for hydroxylation is 1. The lowest BCUT2D eigenvalue weighted by Gasteiger charge is -2.41. The van der Waals surface area contributed by atoms with E-state index in [-0.39, 0.29) is 0 Å². The number of nitrogens with zero attached hydrogens (tertiary/aromatic N) is 2. The molecule has 1 aromatic rings. The number of hydrogen-bond acceptors (Lipinski definition) is 2. The molecular formula is C15H23BrN2. The highest BCUT2D eigenvalue weighted by Gasteiger charge is 2.31. The fraction of sp³-hybridized carbons (Fsp3) is 0.667. The Morgan fingerprint density at radius 1 is 1.28 bits per heavy atom. The fourth-order valence-corrected chi connectivity index (χ4v) is 3.46. The van der Waals surface area contributed by atoms with Gasteiger partial charge in [0.25, 0.3) is 0 Å². The Hall–Kier alpha value is -0.570. The largest absolute Gasteiger partial charge is 0.356 e. The number of halogens is 1. The second-order valence-corrected chi connectivity index (χ2v) is 6.40. The predicted molar refractivity (Wildman–Crippen MR) is 81.1 cm³/mol. The lowest BCUT2D eigenvalue weighted by Crippen LogP contribution is -2.40. The Morgan fingerprint density at radius 2 is 1.89 bits per heavy atom. The van der Waals surface area contributed by atoms with Gasteiger partial charge in [0.2, 0.25) is 0 Å². The van der Waals surface area contributed by atoms with Crippen molar-refractivity contribution in [3.05, 3.63) is 22.3 Å². The molecule has 1 aliphatic heterocycles. The van der Waals surface area contributed by atoms with Crippen molar-refractivity contribution in [3.8, 4) is 0 Å². The standard InChI is InChI=1S/C15H23BrN2/c1-4-15(5-2)6-8-18(9-7-15)14-12(3)10-13(16)11-17-14/h10-11H,4-9H2,1-3H3. The second-order valence-electron chi connectivity index (χ2n) is 5.49. The minimum absolute atomic E-state index is 0.583. The van der Waals surface area contributed by atoms with Gasteiger partial charge in [-0.3, -0.25) is 0 Å². The molecule has 0 saturated carbocycles. The molecule has 1 aromatic heterocycles. The zero-order chi connectivity index (χ0) is 13.2. The summed E-state index contributed by atoms with van der Waals surface area (Å²) in [6.45, 7) is 9.12. The van der Waals surface area contributed by atoms with Crippen LogP contribution in [0.2, 0.25) is 0 Å². The van der Waals surface area contributed by atoms with Gasteiger partial charge in [0.05, 0.1) is 0 Å². The van der Waals surface area contributed by atoms with Gasteiger partial charge >= 0.3 is 0 Å². The van der Waals surface area contributed by atoms with Crippen molar-refractivity contribution in [1.29, 1.82) is 0 Å². The Kier molecular flexibility index (Phi) is 4.31. The maximum atomic E-state index is 4.58. The Bertz CT molecular complexity index is 403. The molecule has 1 saturated heterocycles. The summed E-state index contributed by atoms with van der Waals surface area (Å²) in [5, 5.41) is 0. The van der Waals surface area contributed by atoms with Crippen LogP contribution in [0.15, 0.2) is 16.7 Å². The summed E-state index contributed by atoms with van der Waals surface area (Å²) in [6, 6.07) is 2.16. The minimum atomic E-state index is 0.583. The number of piperidine rings is 1. The predicted octanol–water partition coefficient (Wildman–Crippen LogP) is 4.56. The zero-order valence-corrected chi connectivity index (χ0v) is 13.3. The number of rotatable bonds is 3. The smallest absolute Gasteiger partial charge is 0.131 e. The molecule has 0 spiro atoms. The van der Waals surface area contributed by atoms with Crippen LogP contribution in [-0.4, -0.2) is 18.1 Å². The van der Waals surface area contributed by atoms with E-state index in [0.29, 0.717) is 5.41 Å². The average molecular weight is 311 g/mol. The second kappa shape index (κ2) is 5.60. The Morgan fingerprint density at radius 3 is 2.39 bits per heavy atom. The zero-order valence-electron chi connectivity index (χ0n) is 11.7. The molecule has 0 aromatic carbocycles. The number of anilines is 1. The summed E-state index contributed by atoms with van der Waals surface area (Å²) in [7, 11) is 0. The van der Waals surface area contributed by atoms with E-state index >= 15 is 0 Å². The number of pyridine rings is 1. The van der Waals surface area contributed by atoms with E-state index in [0.717, 1.165) is 17.6 Å². The summed E-state index contributed by atoms with van der Waals surface area (Å²) in [4.78, 5) is 7.03. The minimum Gasteiger partial charge on any atom is -0.356 e. The van der Waals surface area contributed by atoms with Crippen molar-refractivity contribution in [2.75, 3.05) is 18.0 Å². The Labute approximate surface area is 119 Å². The van der Waals surface area contributed by atoms with Crippen LogP contribution in [0.3, 0.4) is 0 Å². The van der Waals surface area contributed by atoms with Crippen molar-refractivity contribution in [1.82, 2.24) is 4.98 Å². The molecule has 0 bridgehead atoms. The van der Waals surface area contributed by atoms with E-state index < -0.39 is 0 Å². The summed E-state index contributed by atoms with van der Waals surface area (Å²) in [6.07, 6.45) is 7.13.